The van der Waals surface area contributed by atoms with Gasteiger partial charge in [0.25, 0.3) is 0 Å². The molecule has 3 nitrogen and oxygen atoms in total. The Morgan fingerprint density at radius 1 is 1.35 bits per heavy atom. The van der Waals surface area contributed by atoms with E-state index in [4.69, 9.17) is 4.74 Å². The summed E-state index contributed by atoms with van der Waals surface area (Å²) in [5.41, 5.74) is 0. The topological polar surface area (TPSA) is 24.5 Å². The van der Waals surface area contributed by atoms with Crippen LogP contribution in [0.4, 0.5) is 0 Å². The summed E-state index contributed by atoms with van der Waals surface area (Å²) >= 11 is 0. The quantitative estimate of drug-likeness (QED) is 0.740. The molecule has 1 aliphatic heterocycles. The fraction of sp³-hybridized carbons (Fsp3) is 1.00. The number of hydrogen-bond acceptors (Lipinski definition) is 3. The van der Waals surface area contributed by atoms with Crippen LogP contribution in [0.15, 0.2) is 0 Å². The van der Waals surface area contributed by atoms with Crippen molar-refractivity contribution in [2.45, 2.75) is 52.6 Å². The molecular formula is C14H30N2O. The molecule has 1 saturated heterocycles. The van der Waals surface area contributed by atoms with Gasteiger partial charge in [0.15, 0.2) is 0 Å². The molecule has 0 spiro atoms. The number of ether oxygens (including phenoxy) is 1. The average molecular weight is 242 g/mol. The van der Waals surface area contributed by atoms with E-state index in [1.54, 1.807) is 0 Å². The van der Waals surface area contributed by atoms with E-state index in [1.807, 2.05) is 0 Å². The smallest absolute Gasteiger partial charge is 0.0521 e. The normalized spacial score (nSPS) is 25.8. The summed E-state index contributed by atoms with van der Waals surface area (Å²) in [5.74, 6) is 0.651. The maximum Gasteiger partial charge on any atom is 0.0521 e. The molecule has 1 fully saturated rings. The first-order chi connectivity index (χ1) is 8.19. The number of hydrogen-bond donors (Lipinski definition) is 1. The van der Waals surface area contributed by atoms with Crippen LogP contribution >= 0.6 is 0 Å². The van der Waals surface area contributed by atoms with Gasteiger partial charge in [-0.3, -0.25) is 0 Å². The standard InChI is InChI=1S/C14H30N2O/c1-5-8-15-14-7-9-17-11-13(14)10-16(6-2)12(3)4/h12-15H,5-11H2,1-4H3. The minimum Gasteiger partial charge on any atom is -0.381 e. The van der Waals surface area contributed by atoms with Crippen molar-refractivity contribution < 1.29 is 4.74 Å². The van der Waals surface area contributed by atoms with Crippen molar-refractivity contribution >= 4 is 0 Å². The zero-order valence-corrected chi connectivity index (χ0v) is 12.0. The summed E-state index contributed by atoms with van der Waals surface area (Å²) in [6.07, 6.45) is 2.38. The van der Waals surface area contributed by atoms with Gasteiger partial charge in [-0.2, -0.15) is 0 Å². The molecule has 1 N–H and O–H groups in total. The molecule has 102 valence electrons. The van der Waals surface area contributed by atoms with E-state index in [1.165, 1.54) is 12.8 Å². The van der Waals surface area contributed by atoms with Crippen molar-refractivity contribution in [1.82, 2.24) is 10.2 Å². The molecule has 0 aromatic heterocycles. The molecule has 1 rings (SSSR count). The Bertz CT molecular complexity index is 197. The van der Waals surface area contributed by atoms with Crippen LogP contribution in [0.3, 0.4) is 0 Å². The first-order valence-corrected chi connectivity index (χ1v) is 7.24. The fourth-order valence-corrected chi connectivity index (χ4v) is 2.58. The summed E-state index contributed by atoms with van der Waals surface area (Å²) in [4.78, 5) is 2.54. The third-order valence-electron chi connectivity index (χ3n) is 3.74. The SMILES string of the molecule is CCCNC1CCOCC1CN(CC)C(C)C. The average Bonchev–Trinajstić information content (AvgIpc) is 2.34. The Morgan fingerprint density at radius 2 is 2.12 bits per heavy atom. The summed E-state index contributed by atoms with van der Waals surface area (Å²) in [6, 6.07) is 1.28. The van der Waals surface area contributed by atoms with Gasteiger partial charge in [0.05, 0.1) is 6.61 Å². The molecule has 0 bridgehead atoms. The van der Waals surface area contributed by atoms with Gasteiger partial charge in [0.2, 0.25) is 0 Å². The zero-order chi connectivity index (χ0) is 12.7. The van der Waals surface area contributed by atoms with Crippen LogP contribution in [0.25, 0.3) is 0 Å². The van der Waals surface area contributed by atoms with Crippen LogP contribution in [-0.2, 0) is 4.74 Å². The predicted molar refractivity (Wildman–Crippen MR) is 73.4 cm³/mol. The Labute approximate surface area is 107 Å². The van der Waals surface area contributed by atoms with Crippen LogP contribution in [0.2, 0.25) is 0 Å². The van der Waals surface area contributed by atoms with Gasteiger partial charge in [-0.1, -0.05) is 13.8 Å². The maximum absolute atomic E-state index is 5.65. The van der Waals surface area contributed by atoms with Gasteiger partial charge in [-0.25, -0.2) is 0 Å². The fourth-order valence-electron chi connectivity index (χ4n) is 2.58. The van der Waals surface area contributed by atoms with Gasteiger partial charge in [-0.15, -0.1) is 0 Å². The largest absolute Gasteiger partial charge is 0.381 e. The molecule has 3 heteroatoms. The first-order valence-electron chi connectivity index (χ1n) is 7.24. The molecule has 1 aliphatic rings. The maximum atomic E-state index is 5.65. The summed E-state index contributed by atoms with van der Waals surface area (Å²) in [6.45, 7) is 14.3. The predicted octanol–water partition coefficient (Wildman–Crippen LogP) is 2.12. The molecule has 17 heavy (non-hydrogen) atoms. The van der Waals surface area contributed by atoms with E-state index >= 15 is 0 Å². The molecule has 0 aliphatic carbocycles. The van der Waals surface area contributed by atoms with Crippen LogP contribution < -0.4 is 5.32 Å². The highest BCUT2D eigenvalue weighted by Gasteiger charge is 2.27. The molecule has 2 atom stereocenters. The minimum absolute atomic E-state index is 0.633. The van der Waals surface area contributed by atoms with E-state index in [2.05, 4.69) is 37.9 Å². The lowest BCUT2D eigenvalue weighted by atomic mass is 9.94. The summed E-state index contributed by atoms with van der Waals surface area (Å²) in [7, 11) is 0. The zero-order valence-electron chi connectivity index (χ0n) is 12.0. The minimum atomic E-state index is 0.633. The van der Waals surface area contributed by atoms with Crippen molar-refractivity contribution in [2.75, 3.05) is 32.8 Å². The second kappa shape index (κ2) is 8.06. The molecule has 0 saturated carbocycles. The van der Waals surface area contributed by atoms with Gasteiger partial charge < -0.3 is 15.0 Å². The Morgan fingerprint density at radius 3 is 2.71 bits per heavy atom. The lowest BCUT2D eigenvalue weighted by molar-refractivity contribution is 0.0131. The summed E-state index contributed by atoms with van der Waals surface area (Å²) in [5, 5.41) is 3.68. The van der Waals surface area contributed by atoms with Gasteiger partial charge in [0, 0.05) is 31.2 Å². The van der Waals surface area contributed by atoms with E-state index in [0.717, 1.165) is 32.8 Å². The molecule has 0 radical (unpaired) electrons. The third kappa shape index (κ3) is 4.94. The van der Waals surface area contributed by atoms with Crippen LogP contribution in [0.5, 0.6) is 0 Å². The first kappa shape index (κ1) is 14.9. The van der Waals surface area contributed by atoms with Crippen LogP contribution in [0, 0.1) is 5.92 Å². The molecule has 2 unspecified atom stereocenters. The van der Waals surface area contributed by atoms with Gasteiger partial charge >= 0.3 is 0 Å². The highest BCUT2D eigenvalue weighted by molar-refractivity contribution is 4.82. The van der Waals surface area contributed by atoms with E-state index in [9.17, 15) is 0 Å². The van der Waals surface area contributed by atoms with Crippen LogP contribution in [-0.4, -0.2) is 49.8 Å². The van der Waals surface area contributed by atoms with Crippen molar-refractivity contribution in [1.29, 1.82) is 0 Å². The Hall–Kier alpha value is -0.120. The van der Waals surface area contributed by atoms with Crippen LogP contribution in [0.1, 0.15) is 40.5 Å². The second-order valence-electron chi connectivity index (χ2n) is 5.37. The van der Waals surface area contributed by atoms with E-state index in [0.29, 0.717) is 18.0 Å². The van der Waals surface area contributed by atoms with E-state index < -0.39 is 0 Å². The second-order valence-corrected chi connectivity index (χ2v) is 5.37. The molecular weight excluding hydrogens is 212 g/mol. The van der Waals surface area contributed by atoms with Crippen molar-refractivity contribution in [3.8, 4) is 0 Å². The lowest BCUT2D eigenvalue weighted by Crippen LogP contribution is -2.49. The number of nitrogens with zero attached hydrogens (tertiary/aromatic N) is 1. The Balaban J connectivity index is 2.46. The Kier molecular flexibility index (Phi) is 7.09. The molecule has 1 heterocycles. The van der Waals surface area contributed by atoms with Crippen molar-refractivity contribution in [3.63, 3.8) is 0 Å². The van der Waals surface area contributed by atoms with Crippen molar-refractivity contribution in [2.24, 2.45) is 5.92 Å². The lowest BCUT2D eigenvalue weighted by Gasteiger charge is -2.37. The van der Waals surface area contributed by atoms with Crippen molar-refractivity contribution in [3.05, 3.63) is 0 Å². The molecule has 0 aromatic carbocycles. The highest BCUT2D eigenvalue weighted by atomic mass is 16.5. The molecule has 0 aromatic rings. The third-order valence-corrected chi connectivity index (χ3v) is 3.74. The summed E-state index contributed by atoms with van der Waals surface area (Å²) < 4.78 is 5.65. The number of rotatable bonds is 7. The number of nitrogens with one attached hydrogen (secondary N) is 1. The van der Waals surface area contributed by atoms with Gasteiger partial charge in [0.1, 0.15) is 0 Å². The molecule has 0 amide bonds. The monoisotopic (exact) mass is 242 g/mol. The van der Waals surface area contributed by atoms with Gasteiger partial charge in [-0.05, 0) is 39.8 Å². The van der Waals surface area contributed by atoms with E-state index in [-0.39, 0.29) is 0 Å². The highest BCUT2D eigenvalue weighted by Crippen LogP contribution is 2.17.